The molecule has 4 aliphatic rings. The number of ether oxygens (including phenoxy) is 4. The van der Waals surface area contributed by atoms with Crippen LogP contribution in [-0.4, -0.2) is 124 Å². The summed E-state index contributed by atoms with van der Waals surface area (Å²) in [5, 5.41) is 55.1. The average Bonchev–Trinajstić information content (AvgIpc) is 3.05. The van der Waals surface area contributed by atoms with Crippen LogP contribution in [0.15, 0.2) is 23.2 Å². The molecule has 2 aromatic carbocycles. The average molecular weight is 677 g/mol. The van der Waals surface area contributed by atoms with Crippen molar-refractivity contribution in [2.75, 3.05) is 40.0 Å². The van der Waals surface area contributed by atoms with Crippen LogP contribution in [0.3, 0.4) is 0 Å². The minimum absolute atomic E-state index is 0. The van der Waals surface area contributed by atoms with Gasteiger partial charge in [0.1, 0.15) is 35.6 Å². The van der Waals surface area contributed by atoms with Crippen molar-refractivity contribution in [3.63, 3.8) is 0 Å². The molecule has 2 aliphatic heterocycles. The molecule has 2 fully saturated rings. The van der Waals surface area contributed by atoms with Gasteiger partial charge in [0.25, 0.3) is 0 Å². The fourth-order valence-electron chi connectivity index (χ4n) is 6.71. The number of fused-ring (bicyclic) bond motifs is 3. The molecule has 0 saturated carbocycles. The molecule has 2 aliphatic carbocycles. The first kappa shape index (κ1) is 34.7. The number of phenols is 2. The number of hydrogen-bond acceptors (Lipinski definition) is 13. The van der Waals surface area contributed by atoms with E-state index in [1.165, 1.54) is 25.3 Å². The molecule has 5 N–H and O–H groups in total. The van der Waals surface area contributed by atoms with Gasteiger partial charge < -0.3 is 49.4 Å². The van der Waals surface area contributed by atoms with Crippen LogP contribution in [0, 0.1) is 0 Å². The standard InChI is InChI=1S/C32H36N2O12.ClH/c1-15-27(37)18(33-14-34-6-8-44-9-7-34)10-22(45-15)46-20-12-32(42,21(36)13-35)11-17-24(20)31(41)26-25(29(17)39)28(38)16-4-3-5-19(43-2)23(16)30(26)40;/h3-5,14-15,18,20,22,27,35,37,39,41-42H,6-13H2,1-2H3;1H/t15?,18-,20-,22?,27+,32?;/m0./s1. The Balaban J connectivity index is 0.00000433. The van der Waals surface area contributed by atoms with Crippen LogP contribution in [0.25, 0.3) is 0 Å². The van der Waals surface area contributed by atoms with Crippen molar-refractivity contribution in [3.05, 3.63) is 51.6 Å². The van der Waals surface area contributed by atoms with E-state index >= 15 is 0 Å². The lowest BCUT2D eigenvalue weighted by Gasteiger charge is -2.42. The van der Waals surface area contributed by atoms with Gasteiger partial charge in [-0.25, -0.2) is 0 Å². The summed E-state index contributed by atoms with van der Waals surface area (Å²) < 4.78 is 22.8. The molecule has 0 spiro atoms. The largest absolute Gasteiger partial charge is 0.507 e. The number of rotatable bonds is 7. The van der Waals surface area contributed by atoms with E-state index < -0.39 is 95.7 Å². The molecule has 0 amide bonds. The van der Waals surface area contributed by atoms with E-state index in [-0.39, 0.29) is 46.8 Å². The summed E-state index contributed by atoms with van der Waals surface area (Å²) >= 11 is 0. The first-order valence-corrected chi connectivity index (χ1v) is 15.1. The summed E-state index contributed by atoms with van der Waals surface area (Å²) in [6.07, 6.45) is -3.54. The third kappa shape index (κ3) is 5.99. The van der Waals surface area contributed by atoms with E-state index in [1.807, 2.05) is 4.90 Å². The van der Waals surface area contributed by atoms with Gasteiger partial charge >= 0.3 is 0 Å². The molecule has 3 unspecified atom stereocenters. The van der Waals surface area contributed by atoms with Crippen LogP contribution >= 0.6 is 12.4 Å². The summed E-state index contributed by atoms with van der Waals surface area (Å²) in [6, 6.07) is 3.73. The van der Waals surface area contributed by atoms with Gasteiger partial charge in [-0.05, 0) is 13.0 Å². The van der Waals surface area contributed by atoms with Crippen LogP contribution in [-0.2, 0) is 25.4 Å². The van der Waals surface area contributed by atoms with Crippen molar-refractivity contribution >= 4 is 36.1 Å². The number of aromatic hydroxyl groups is 2. The smallest absolute Gasteiger partial charge is 0.202 e. The number of carbonyl (C=O) groups excluding carboxylic acids is 3. The Morgan fingerprint density at radius 2 is 1.83 bits per heavy atom. The minimum atomic E-state index is -2.26. The highest BCUT2D eigenvalue weighted by molar-refractivity contribution is 6.31. The molecule has 15 heteroatoms. The summed E-state index contributed by atoms with van der Waals surface area (Å²) in [7, 11) is 1.33. The van der Waals surface area contributed by atoms with Crippen LogP contribution < -0.4 is 4.74 Å². The third-order valence-corrected chi connectivity index (χ3v) is 9.20. The maximum Gasteiger partial charge on any atom is 0.202 e. The number of phenolic OH excluding ortho intramolecular Hbond substituents is 2. The summed E-state index contributed by atoms with van der Waals surface area (Å²) in [4.78, 5) is 46.8. The molecule has 0 aromatic heterocycles. The summed E-state index contributed by atoms with van der Waals surface area (Å²) in [5.41, 5.74) is -3.64. The Hall–Kier alpha value is -3.63. The second-order valence-corrected chi connectivity index (χ2v) is 12.0. The Labute approximate surface area is 275 Å². The van der Waals surface area contributed by atoms with E-state index in [1.54, 1.807) is 13.3 Å². The number of hydrogen-bond donors (Lipinski definition) is 5. The normalized spacial score (nSPS) is 28.7. The number of aliphatic hydroxyl groups is 3. The second kappa shape index (κ2) is 13.5. The molecule has 0 bridgehead atoms. The van der Waals surface area contributed by atoms with E-state index in [9.17, 15) is 39.9 Å². The molecular formula is C32H37ClN2O12. The van der Waals surface area contributed by atoms with Crippen molar-refractivity contribution in [1.29, 1.82) is 0 Å². The zero-order valence-corrected chi connectivity index (χ0v) is 26.6. The van der Waals surface area contributed by atoms with Gasteiger partial charge in [0.05, 0.1) is 61.6 Å². The Bertz CT molecular complexity index is 1610. The van der Waals surface area contributed by atoms with Crippen LogP contribution in [0.1, 0.15) is 68.8 Å². The Morgan fingerprint density at radius 3 is 2.51 bits per heavy atom. The predicted molar refractivity (Wildman–Crippen MR) is 166 cm³/mol. The van der Waals surface area contributed by atoms with Crippen LogP contribution in [0.5, 0.6) is 17.2 Å². The molecule has 254 valence electrons. The van der Waals surface area contributed by atoms with Gasteiger partial charge in [-0.2, -0.15) is 0 Å². The minimum Gasteiger partial charge on any atom is -0.507 e. The van der Waals surface area contributed by atoms with Crippen molar-refractivity contribution in [3.8, 4) is 17.2 Å². The lowest BCUT2D eigenvalue weighted by atomic mass is 9.72. The fourth-order valence-corrected chi connectivity index (χ4v) is 6.71. The van der Waals surface area contributed by atoms with Crippen molar-refractivity contribution in [2.45, 2.75) is 62.4 Å². The van der Waals surface area contributed by atoms with E-state index in [0.29, 0.717) is 26.3 Å². The van der Waals surface area contributed by atoms with Gasteiger partial charge in [-0.15, -0.1) is 12.4 Å². The van der Waals surface area contributed by atoms with Gasteiger partial charge in [0, 0.05) is 49.0 Å². The zero-order valence-electron chi connectivity index (χ0n) is 25.7. The maximum atomic E-state index is 13.8. The van der Waals surface area contributed by atoms with Gasteiger partial charge in [-0.3, -0.25) is 19.4 Å². The SMILES string of the molecule is COc1cccc2c1C(=O)c1c(O)c3c(c(O)c1C2=O)CC(O)(C(=O)CO)C[C@@H]3OC1C[C@H](N=CN2CCOCC2)[C@H](O)C(C)O1.Cl. The number of carbonyl (C=O) groups is 3. The topological polar surface area (TPSA) is 205 Å². The summed E-state index contributed by atoms with van der Waals surface area (Å²) in [5.74, 6) is -3.77. The number of nitrogens with zero attached hydrogens (tertiary/aromatic N) is 2. The first-order valence-electron chi connectivity index (χ1n) is 15.1. The molecule has 2 heterocycles. The lowest BCUT2D eigenvalue weighted by molar-refractivity contribution is -0.247. The highest BCUT2D eigenvalue weighted by Gasteiger charge is 2.50. The quantitative estimate of drug-likeness (QED) is 0.134. The number of methoxy groups -OCH3 is 1. The molecular weight excluding hydrogens is 640 g/mol. The Kier molecular flexibility index (Phi) is 9.94. The van der Waals surface area contributed by atoms with Crippen molar-refractivity contribution in [2.24, 2.45) is 4.99 Å². The molecule has 2 aromatic rings. The molecule has 47 heavy (non-hydrogen) atoms. The number of ketones is 3. The van der Waals surface area contributed by atoms with Crippen molar-refractivity contribution < 1.29 is 58.9 Å². The van der Waals surface area contributed by atoms with Gasteiger partial charge in [-0.1, -0.05) is 12.1 Å². The number of aliphatic hydroxyl groups excluding tert-OH is 2. The van der Waals surface area contributed by atoms with Crippen molar-refractivity contribution in [1.82, 2.24) is 4.90 Å². The van der Waals surface area contributed by atoms with E-state index in [0.717, 1.165) is 0 Å². The van der Waals surface area contributed by atoms with Gasteiger partial charge in [0.2, 0.25) is 5.78 Å². The highest BCUT2D eigenvalue weighted by Crippen LogP contribution is 2.52. The molecule has 2 saturated heterocycles. The monoisotopic (exact) mass is 676 g/mol. The molecule has 6 rings (SSSR count). The molecule has 6 atom stereocenters. The number of morpholine rings is 1. The number of halogens is 1. The highest BCUT2D eigenvalue weighted by atomic mass is 35.5. The number of benzene rings is 2. The Morgan fingerprint density at radius 1 is 1.13 bits per heavy atom. The summed E-state index contributed by atoms with van der Waals surface area (Å²) in [6.45, 7) is 2.98. The van der Waals surface area contributed by atoms with E-state index in [2.05, 4.69) is 4.99 Å². The number of Topliss-reactive ketones (excluding diaryl/α,β-unsaturated/α-hetero) is 1. The van der Waals surface area contributed by atoms with E-state index in [4.69, 9.17) is 18.9 Å². The molecule has 14 nitrogen and oxygen atoms in total. The second-order valence-electron chi connectivity index (χ2n) is 12.0. The lowest BCUT2D eigenvalue weighted by Crippen LogP contribution is -2.50. The van der Waals surface area contributed by atoms with Gasteiger partial charge in [0.15, 0.2) is 17.9 Å². The van der Waals surface area contributed by atoms with Crippen LogP contribution in [0.4, 0.5) is 0 Å². The third-order valence-electron chi connectivity index (χ3n) is 9.20. The molecule has 0 radical (unpaired) electrons. The zero-order chi connectivity index (χ0) is 32.9. The fraction of sp³-hybridized carbons (Fsp3) is 0.500. The predicted octanol–water partition coefficient (Wildman–Crippen LogP) is 0.825. The number of aliphatic imine (C=N–C) groups is 1. The van der Waals surface area contributed by atoms with Crippen LogP contribution in [0.2, 0.25) is 0 Å². The maximum absolute atomic E-state index is 13.8. The first-order chi connectivity index (χ1) is 22.0.